The van der Waals surface area contributed by atoms with Gasteiger partial charge >= 0.3 is 0 Å². The van der Waals surface area contributed by atoms with Crippen molar-refractivity contribution in [2.45, 2.75) is 0 Å². The first-order chi connectivity index (χ1) is 8.74. The van der Waals surface area contributed by atoms with Crippen molar-refractivity contribution < 1.29 is 4.74 Å². The fourth-order valence-electron chi connectivity index (χ4n) is 1.99. The van der Waals surface area contributed by atoms with Crippen molar-refractivity contribution in [3.05, 3.63) is 30.5 Å². The molecule has 1 N–H and O–H groups in total. The third-order valence-corrected chi connectivity index (χ3v) is 2.83. The highest BCUT2D eigenvalue weighted by Crippen LogP contribution is 2.28. The van der Waals surface area contributed by atoms with E-state index in [1.165, 1.54) is 5.39 Å². The number of pyridine rings is 1. The van der Waals surface area contributed by atoms with Crippen LogP contribution < -0.4 is 10.2 Å². The Morgan fingerprint density at radius 2 is 2.06 bits per heavy atom. The van der Waals surface area contributed by atoms with Gasteiger partial charge in [-0.15, -0.1) is 0 Å². The van der Waals surface area contributed by atoms with Gasteiger partial charge in [0.25, 0.3) is 0 Å². The minimum atomic E-state index is 0.696. The van der Waals surface area contributed by atoms with Gasteiger partial charge in [0.1, 0.15) is 5.82 Å². The number of nitrogens with one attached hydrogen (secondary N) is 1. The van der Waals surface area contributed by atoms with Crippen LogP contribution >= 0.6 is 0 Å². The standard InChI is InChI=1S/C14H19N3O/c1-17(2)14-12-5-4-6-13(15-9-10-18-3)11(12)7-8-16-14/h4-8,15H,9-10H2,1-3H3. The van der Waals surface area contributed by atoms with Gasteiger partial charge in [-0.1, -0.05) is 12.1 Å². The molecule has 1 heterocycles. The second kappa shape index (κ2) is 5.69. The third kappa shape index (κ3) is 2.54. The summed E-state index contributed by atoms with van der Waals surface area (Å²) in [4.78, 5) is 6.45. The quantitative estimate of drug-likeness (QED) is 0.821. The maximum Gasteiger partial charge on any atom is 0.135 e. The van der Waals surface area contributed by atoms with E-state index < -0.39 is 0 Å². The molecule has 18 heavy (non-hydrogen) atoms. The minimum Gasteiger partial charge on any atom is -0.383 e. The van der Waals surface area contributed by atoms with Crippen LogP contribution in [0.2, 0.25) is 0 Å². The van der Waals surface area contributed by atoms with Crippen LogP contribution in [0.1, 0.15) is 0 Å². The minimum absolute atomic E-state index is 0.696. The Labute approximate surface area is 108 Å². The zero-order chi connectivity index (χ0) is 13.0. The predicted octanol–water partition coefficient (Wildman–Crippen LogP) is 2.36. The number of rotatable bonds is 5. The molecule has 0 fully saturated rings. The molecule has 2 rings (SSSR count). The van der Waals surface area contributed by atoms with E-state index in [1.807, 2.05) is 37.3 Å². The largest absolute Gasteiger partial charge is 0.383 e. The van der Waals surface area contributed by atoms with Gasteiger partial charge in [-0.2, -0.15) is 0 Å². The summed E-state index contributed by atoms with van der Waals surface area (Å²) >= 11 is 0. The molecule has 0 bridgehead atoms. The van der Waals surface area contributed by atoms with Gasteiger partial charge in [0.15, 0.2) is 0 Å². The number of fused-ring (bicyclic) bond motifs is 1. The molecule has 1 aromatic carbocycles. The van der Waals surface area contributed by atoms with Gasteiger partial charge in [0.05, 0.1) is 6.61 Å². The van der Waals surface area contributed by atoms with E-state index in [0.717, 1.165) is 23.4 Å². The SMILES string of the molecule is COCCNc1cccc2c(N(C)C)nccc12. The first-order valence-corrected chi connectivity index (χ1v) is 6.02. The lowest BCUT2D eigenvalue weighted by molar-refractivity contribution is 0.211. The van der Waals surface area contributed by atoms with E-state index >= 15 is 0 Å². The van der Waals surface area contributed by atoms with E-state index in [-0.39, 0.29) is 0 Å². The molecule has 0 radical (unpaired) electrons. The lowest BCUT2D eigenvalue weighted by Crippen LogP contribution is -2.11. The maximum atomic E-state index is 5.05. The van der Waals surface area contributed by atoms with Crippen LogP contribution in [0.15, 0.2) is 30.5 Å². The van der Waals surface area contributed by atoms with Crippen LogP contribution in [0.5, 0.6) is 0 Å². The molecule has 0 spiro atoms. The lowest BCUT2D eigenvalue weighted by Gasteiger charge is -2.16. The Kier molecular flexibility index (Phi) is 3.99. The second-order valence-electron chi connectivity index (χ2n) is 4.35. The Morgan fingerprint density at radius 1 is 1.22 bits per heavy atom. The Hall–Kier alpha value is -1.81. The molecular formula is C14H19N3O. The monoisotopic (exact) mass is 245 g/mol. The molecule has 1 aromatic heterocycles. The van der Waals surface area contributed by atoms with Crippen LogP contribution in [0, 0.1) is 0 Å². The first kappa shape index (κ1) is 12.6. The summed E-state index contributed by atoms with van der Waals surface area (Å²) in [6.45, 7) is 1.50. The molecule has 4 nitrogen and oxygen atoms in total. The highest BCUT2D eigenvalue weighted by Gasteiger charge is 2.06. The molecule has 4 heteroatoms. The van der Waals surface area contributed by atoms with Gasteiger partial charge < -0.3 is 15.0 Å². The normalized spacial score (nSPS) is 10.6. The van der Waals surface area contributed by atoms with E-state index in [9.17, 15) is 0 Å². The zero-order valence-corrected chi connectivity index (χ0v) is 11.1. The van der Waals surface area contributed by atoms with Crippen molar-refractivity contribution in [3.8, 4) is 0 Å². The van der Waals surface area contributed by atoms with Crippen molar-refractivity contribution in [1.29, 1.82) is 0 Å². The summed E-state index contributed by atoms with van der Waals surface area (Å²) in [7, 11) is 5.72. The van der Waals surface area contributed by atoms with Crippen molar-refractivity contribution in [2.75, 3.05) is 44.6 Å². The first-order valence-electron chi connectivity index (χ1n) is 6.02. The van der Waals surface area contributed by atoms with Crippen molar-refractivity contribution in [2.24, 2.45) is 0 Å². The molecule has 0 amide bonds. The van der Waals surface area contributed by atoms with Gasteiger partial charge in [-0.3, -0.25) is 0 Å². The maximum absolute atomic E-state index is 5.05. The zero-order valence-electron chi connectivity index (χ0n) is 11.1. The van der Waals surface area contributed by atoms with E-state index in [2.05, 4.69) is 22.4 Å². The predicted molar refractivity (Wildman–Crippen MR) is 76.4 cm³/mol. The highest BCUT2D eigenvalue weighted by molar-refractivity contribution is 6.00. The van der Waals surface area contributed by atoms with E-state index in [4.69, 9.17) is 4.74 Å². The average molecular weight is 245 g/mol. The summed E-state index contributed by atoms with van der Waals surface area (Å²) in [5.41, 5.74) is 1.12. The van der Waals surface area contributed by atoms with Crippen LogP contribution in [0.4, 0.5) is 11.5 Å². The smallest absolute Gasteiger partial charge is 0.135 e. The van der Waals surface area contributed by atoms with E-state index in [0.29, 0.717) is 6.61 Å². The Balaban J connectivity index is 2.40. The number of anilines is 2. The third-order valence-electron chi connectivity index (χ3n) is 2.83. The summed E-state index contributed by atoms with van der Waals surface area (Å²) < 4.78 is 5.05. The summed E-state index contributed by atoms with van der Waals surface area (Å²) in [5, 5.41) is 5.73. The Morgan fingerprint density at radius 3 is 2.78 bits per heavy atom. The fourth-order valence-corrected chi connectivity index (χ4v) is 1.99. The molecule has 0 aliphatic heterocycles. The van der Waals surface area contributed by atoms with Gasteiger partial charge in [0.2, 0.25) is 0 Å². The number of ether oxygens (including phenoxy) is 1. The van der Waals surface area contributed by atoms with Gasteiger partial charge in [0, 0.05) is 50.4 Å². The molecule has 2 aromatic rings. The van der Waals surface area contributed by atoms with Crippen molar-refractivity contribution >= 4 is 22.3 Å². The topological polar surface area (TPSA) is 37.4 Å². The van der Waals surface area contributed by atoms with Crippen LogP contribution in [0.3, 0.4) is 0 Å². The number of hydrogen-bond donors (Lipinski definition) is 1. The van der Waals surface area contributed by atoms with Crippen LogP contribution in [-0.4, -0.2) is 39.3 Å². The average Bonchev–Trinajstić information content (AvgIpc) is 2.38. The van der Waals surface area contributed by atoms with Crippen LogP contribution in [0.25, 0.3) is 10.8 Å². The van der Waals surface area contributed by atoms with E-state index in [1.54, 1.807) is 7.11 Å². The second-order valence-corrected chi connectivity index (χ2v) is 4.35. The molecule has 0 saturated heterocycles. The summed E-state index contributed by atoms with van der Waals surface area (Å²) in [5.74, 6) is 0.989. The number of benzene rings is 1. The lowest BCUT2D eigenvalue weighted by atomic mass is 10.1. The molecule has 0 atom stereocenters. The number of aromatic nitrogens is 1. The molecule has 0 aliphatic rings. The summed E-state index contributed by atoms with van der Waals surface area (Å²) in [6.07, 6.45) is 1.85. The molecule has 0 saturated carbocycles. The highest BCUT2D eigenvalue weighted by atomic mass is 16.5. The summed E-state index contributed by atoms with van der Waals surface area (Å²) in [6, 6.07) is 8.26. The molecule has 96 valence electrons. The molecular weight excluding hydrogens is 226 g/mol. The van der Waals surface area contributed by atoms with Gasteiger partial charge in [-0.25, -0.2) is 4.98 Å². The molecule has 0 unspecified atom stereocenters. The number of methoxy groups -OCH3 is 1. The van der Waals surface area contributed by atoms with Gasteiger partial charge in [-0.05, 0) is 12.1 Å². The Bertz CT molecular complexity index is 525. The molecule has 0 aliphatic carbocycles. The van der Waals surface area contributed by atoms with Crippen molar-refractivity contribution in [1.82, 2.24) is 4.98 Å². The fraction of sp³-hybridized carbons (Fsp3) is 0.357. The van der Waals surface area contributed by atoms with Crippen molar-refractivity contribution in [3.63, 3.8) is 0 Å². The number of hydrogen-bond acceptors (Lipinski definition) is 4. The van der Waals surface area contributed by atoms with Crippen LogP contribution in [-0.2, 0) is 4.74 Å². The number of nitrogens with zero attached hydrogens (tertiary/aromatic N) is 2.